The number of anilines is 2. The lowest BCUT2D eigenvalue weighted by molar-refractivity contribution is 0.101. The average Bonchev–Trinajstić information content (AvgIpc) is 2.88. The van der Waals surface area contributed by atoms with E-state index in [1.807, 2.05) is 27.0 Å². The Balaban J connectivity index is 1.58. The van der Waals surface area contributed by atoms with Gasteiger partial charge in [-0.2, -0.15) is 0 Å². The van der Waals surface area contributed by atoms with Crippen LogP contribution >= 0.6 is 0 Å². The highest BCUT2D eigenvalue weighted by atomic mass is 16.1. The fourth-order valence-electron chi connectivity index (χ4n) is 3.27. The summed E-state index contributed by atoms with van der Waals surface area (Å²) in [5.74, 6) is 0.129. The first-order valence-electron chi connectivity index (χ1n) is 8.89. The van der Waals surface area contributed by atoms with Gasteiger partial charge in [-0.3, -0.25) is 4.79 Å². The Morgan fingerprint density at radius 1 is 1.04 bits per heavy atom. The zero-order valence-corrected chi connectivity index (χ0v) is 15.7. The molecule has 5 nitrogen and oxygen atoms in total. The molecule has 0 bridgehead atoms. The van der Waals surface area contributed by atoms with E-state index >= 15 is 0 Å². The summed E-state index contributed by atoms with van der Waals surface area (Å²) < 4.78 is 2.05. The predicted molar refractivity (Wildman–Crippen MR) is 104 cm³/mol. The zero-order valence-electron chi connectivity index (χ0n) is 15.7. The van der Waals surface area contributed by atoms with Crippen molar-refractivity contribution in [1.82, 2.24) is 9.47 Å². The number of aryl methyl sites for hydroxylation is 1. The molecular weight excluding hydrogens is 312 g/mol. The van der Waals surface area contributed by atoms with Gasteiger partial charge in [0.2, 0.25) is 0 Å². The molecule has 1 aromatic carbocycles. The van der Waals surface area contributed by atoms with Gasteiger partial charge in [-0.05, 0) is 51.2 Å². The number of ketones is 1. The van der Waals surface area contributed by atoms with E-state index in [-0.39, 0.29) is 5.78 Å². The Bertz CT molecular complexity index is 740. The Kier molecular flexibility index (Phi) is 5.13. The van der Waals surface area contributed by atoms with Gasteiger partial charge in [0.1, 0.15) is 0 Å². The fourth-order valence-corrected chi connectivity index (χ4v) is 3.27. The van der Waals surface area contributed by atoms with Crippen LogP contribution in [0.2, 0.25) is 0 Å². The van der Waals surface area contributed by atoms with E-state index in [9.17, 15) is 4.79 Å². The molecule has 1 N–H and O–H groups in total. The van der Waals surface area contributed by atoms with Crippen molar-refractivity contribution in [2.45, 2.75) is 13.8 Å². The van der Waals surface area contributed by atoms with Crippen LogP contribution in [0.25, 0.3) is 0 Å². The normalized spacial score (nSPS) is 15.4. The summed E-state index contributed by atoms with van der Waals surface area (Å²) in [6.07, 6.45) is 0. The number of carbonyl (C=O) groups is 1. The molecule has 0 radical (unpaired) electrons. The number of nitrogens with zero attached hydrogens (tertiary/aromatic N) is 3. The summed E-state index contributed by atoms with van der Waals surface area (Å²) in [5, 5.41) is 3.25. The van der Waals surface area contributed by atoms with Gasteiger partial charge < -0.3 is 19.7 Å². The number of hydrogen-bond acceptors (Lipinski definition) is 4. The van der Waals surface area contributed by atoms with E-state index in [0.29, 0.717) is 6.54 Å². The number of nitrogens with one attached hydrogen (secondary N) is 1. The first-order chi connectivity index (χ1) is 12.0. The van der Waals surface area contributed by atoms with Crippen LogP contribution in [-0.2, 0) is 7.05 Å². The van der Waals surface area contributed by atoms with Crippen molar-refractivity contribution in [3.8, 4) is 0 Å². The molecule has 2 heterocycles. The van der Waals surface area contributed by atoms with E-state index in [2.05, 4.69) is 51.0 Å². The minimum atomic E-state index is 0.129. The van der Waals surface area contributed by atoms with Crippen LogP contribution in [0.1, 0.15) is 21.7 Å². The molecule has 1 aromatic heterocycles. The molecule has 0 unspecified atom stereocenters. The van der Waals surface area contributed by atoms with E-state index in [1.165, 1.54) is 5.69 Å². The van der Waals surface area contributed by atoms with E-state index < -0.39 is 0 Å². The van der Waals surface area contributed by atoms with Gasteiger partial charge >= 0.3 is 0 Å². The minimum absolute atomic E-state index is 0.129. The van der Waals surface area contributed by atoms with Gasteiger partial charge in [0.05, 0.1) is 6.54 Å². The average molecular weight is 340 g/mol. The summed E-state index contributed by atoms with van der Waals surface area (Å²) in [6.45, 7) is 8.66. The smallest absolute Gasteiger partial charge is 0.183 e. The molecule has 0 aliphatic carbocycles. The minimum Gasteiger partial charge on any atom is -0.378 e. The second-order valence-corrected chi connectivity index (χ2v) is 6.96. The Hall–Kier alpha value is -2.27. The number of Topliss-reactive ketones (excluding diaryl/α,β-unsaturated/α-hetero) is 1. The lowest BCUT2D eigenvalue weighted by Gasteiger charge is -2.34. The number of aromatic nitrogens is 1. The van der Waals surface area contributed by atoms with Crippen LogP contribution in [0.5, 0.6) is 0 Å². The highest BCUT2D eigenvalue weighted by Crippen LogP contribution is 2.20. The van der Waals surface area contributed by atoms with Crippen LogP contribution in [0, 0.1) is 13.8 Å². The second kappa shape index (κ2) is 7.31. The Morgan fingerprint density at radius 3 is 2.24 bits per heavy atom. The molecule has 1 fully saturated rings. The standard InChI is InChI=1S/C20H28N4O/c1-15-13-19(16(2)23(15)4)20(25)14-21-17-5-7-18(8-6-17)24-11-9-22(3)10-12-24/h5-8,13,21H,9-12,14H2,1-4H3. The van der Waals surface area contributed by atoms with Crippen LogP contribution in [0.15, 0.2) is 30.3 Å². The molecule has 2 aromatic rings. The lowest BCUT2D eigenvalue weighted by atomic mass is 10.1. The summed E-state index contributed by atoms with van der Waals surface area (Å²) >= 11 is 0. The van der Waals surface area contributed by atoms with Gasteiger partial charge in [0, 0.05) is 61.6 Å². The highest BCUT2D eigenvalue weighted by molar-refractivity contribution is 6.00. The Morgan fingerprint density at radius 2 is 1.68 bits per heavy atom. The van der Waals surface area contributed by atoms with Gasteiger partial charge in [-0.15, -0.1) is 0 Å². The lowest BCUT2D eigenvalue weighted by Crippen LogP contribution is -2.44. The first-order valence-corrected chi connectivity index (χ1v) is 8.89. The van der Waals surface area contributed by atoms with Crippen molar-refractivity contribution in [2.24, 2.45) is 7.05 Å². The predicted octanol–water partition coefficient (Wildman–Crippen LogP) is 2.69. The first kappa shape index (κ1) is 17.5. The number of carbonyl (C=O) groups excluding carboxylic acids is 1. The molecule has 134 valence electrons. The van der Waals surface area contributed by atoms with Gasteiger partial charge in [0.15, 0.2) is 5.78 Å². The Labute approximate surface area is 150 Å². The summed E-state index contributed by atoms with van der Waals surface area (Å²) in [7, 11) is 4.16. The van der Waals surface area contributed by atoms with E-state index in [0.717, 1.165) is 48.8 Å². The molecule has 1 aliphatic heterocycles. The molecular formula is C20H28N4O. The van der Waals surface area contributed by atoms with Crippen LogP contribution in [-0.4, -0.2) is 55.0 Å². The molecule has 1 aliphatic rings. The molecule has 25 heavy (non-hydrogen) atoms. The van der Waals surface area contributed by atoms with E-state index in [4.69, 9.17) is 0 Å². The zero-order chi connectivity index (χ0) is 18.0. The van der Waals surface area contributed by atoms with Gasteiger partial charge in [0.25, 0.3) is 0 Å². The van der Waals surface area contributed by atoms with Crippen molar-refractivity contribution in [2.75, 3.05) is 50.0 Å². The molecule has 0 saturated carbocycles. The van der Waals surface area contributed by atoms with Crippen molar-refractivity contribution in [1.29, 1.82) is 0 Å². The van der Waals surface area contributed by atoms with Crippen molar-refractivity contribution >= 4 is 17.2 Å². The molecule has 0 amide bonds. The van der Waals surface area contributed by atoms with Crippen LogP contribution < -0.4 is 10.2 Å². The third kappa shape index (κ3) is 3.87. The van der Waals surface area contributed by atoms with Crippen molar-refractivity contribution in [3.05, 3.63) is 47.3 Å². The third-order valence-corrected chi connectivity index (χ3v) is 5.26. The molecule has 5 heteroatoms. The fraction of sp³-hybridized carbons (Fsp3) is 0.450. The summed E-state index contributed by atoms with van der Waals surface area (Å²) in [6, 6.07) is 10.4. The third-order valence-electron chi connectivity index (χ3n) is 5.26. The summed E-state index contributed by atoms with van der Waals surface area (Å²) in [4.78, 5) is 17.2. The number of likely N-dealkylation sites (N-methyl/N-ethyl adjacent to an activating group) is 1. The maximum absolute atomic E-state index is 12.5. The van der Waals surface area contributed by atoms with Crippen molar-refractivity contribution in [3.63, 3.8) is 0 Å². The monoisotopic (exact) mass is 340 g/mol. The quantitative estimate of drug-likeness (QED) is 0.850. The maximum Gasteiger partial charge on any atom is 0.183 e. The number of hydrogen-bond donors (Lipinski definition) is 1. The number of benzene rings is 1. The molecule has 0 spiro atoms. The maximum atomic E-state index is 12.5. The van der Waals surface area contributed by atoms with Gasteiger partial charge in [-0.25, -0.2) is 0 Å². The molecule has 3 rings (SSSR count). The molecule has 0 atom stereocenters. The number of piperazine rings is 1. The highest BCUT2D eigenvalue weighted by Gasteiger charge is 2.15. The number of rotatable bonds is 5. The van der Waals surface area contributed by atoms with E-state index in [1.54, 1.807) is 0 Å². The topological polar surface area (TPSA) is 40.5 Å². The van der Waals surface area contributed by atoms with Gasteiger partial charge in [-0.1, -0.05) is 0 Å². The van der Waals surface area contributed by atoms with Crippen LogP contribution in [0.4, 0.5) is 11.4 Å². The SMILES string of the molecule is Cc1cc(C(=O)CNc2ccc(N3CCN(C)CC3)cc2)c(C)n1C. The largest absolute Gasteiger partial charge is 0.378 e. The van der Waals surface area contributed by atoms with Crippen molar-refractivity contribution < 1.29 is 4.79 Å². The molecule has 1 saturated heterocycles. The summed E-state index contributed by atoms with van der Waals surface area (Å²) in [5.41, 5.74) is 5.17. The second-order valence-electron chi connectivity index (χ2n) is 6.96. The van der Waals surface area contributed by atoms with Crippen LogP contribution in [0.3, 0.4) is 0 Å².